The SMILES string of the molecule is CSc1ccc(NN=C(C#N)C#N)cc1. The molecule has 0 aliphatic carbocycles. The Bertz CT molecular complexity index is 420. The topological polar surface area (TPSA) is 72.0 Å². The summed E-state index contributed by atoms with van der Waals surface area (Å²) in [6.07, 6.45) is 1.99. The fourth-order valence-electron chi connectivity index (χ4n) is 0.861. The van der Waals surface area contributed by atoms with Gasteiger partial charge in [-0.3, -0.25) is 5.43 Å². The average molecular weight is 216 g/mol. The summed E-state index contributed by atoms with van der Waals surface area (Å²) in [4.78, 5) is 1.14. The first-order valence-electron chi connectivity index (χ1n) is 4.08. The summed E-state index contributed by atoms with van der Waals surface area (Å²) in [6.45, 7) is 0. The molecular formula is C10H8N4S. The lowest BCUT2D eigenvalue weighted by atomic mass is 10.3. The Labute approximate surface area is 92.2 Å². The van der Waals surface area contributed by atoms with E-state index in [0.717, 1.165) is 10.6 Å². The number of hydrogen-bond acceptors (Lipinski definition) is 5. The summed E-state index contributed by atoms with van der Waals surface area (Å²) in [5.74, 6) is 0. The molecule has 0 aliphatic heterocycles. The van der Waals surface area contributed by atoms with Gasteiger partial charge in [-0.25, -0.2) is 0 Å². The predicted molar refractivity (Wildman–Crippen MR) is 60.5 cm³/mol. The van der Waals surface area contributed by atoms with E-state index in [9.17, 15) is 0 Å². The largest absolute Gasteiger partial charge is 0.277 e. The van der Waals surface area contributed by atoms with Crippen LogP contribution in [-0.2, 0) is 0 Å². The van der Waals surface area contributed by atoms with E-state index < -0.39 is 0 Å². The number of thioether (sulfide) groups is 1. The van der Waals surface area contributed by atoms with Gasteiger partial charge in [0.25, 0.3) is 0 Å². The van der Waals surface area contributed by atoms with Crippen molar-refractivity contribution in [2.75, 3.05) is 11.7 Å². The van der Waals surface area contributed by atoms with Crippen LogP contribution in [0.3, 0.4) is 0 Å². The van der Waals surface area contributed by atoms with Crippen molar-refractivity contribution < 1.29 is 0 Å². The van der Waals surface area contributed by atoms with Crippen molar-refractivity contribution >= 4 is 23.2 Å². The highest BCUT2D eigenvalue weighted by molar-refractivity contribution is 7.98. The summed E-state index contributed by atoms with van der Waals surface area (Å²) < 4.78 is 0. The second-order valence-corrected chi connectivity index (χ2v) is 3.40. The Kier molecular flexibility index (Phi) is 4.21. The zero-order valence-corrected chi connectivity index (χ0v) is 8.88. The molecule has 0 amide bonds. The standard InChI is InChI=1S/C10H8N4S/c1-15-10-4-2-8(3-5-10)13-14-9(6-11)7-12/h2-5,13H,1H3. The number of nitrogens with one attached hydrogen (secondary N) is 1. The fraction of sp³-hybridized carbons (Fsp3) is 0.100. The molecule has 1 aromatic rings. The number of anilines is 1. The van der Waals surface area contributed by atoms with Crippen molar-refractivity contribution in [2.45, 2.75) is 4.90 Å². The molecule has 0 spiro atoms. The molecule has 0 aliphatic rings. The zero-order valence-electron chi connectivity index (χ0n) is 8.06. The van der Waals surface area contributed by atoms with Crippen LogP contribution in [0, 0.1) is 22.7 Å². The minimum absolute atomic E-state index is 0.191. The van der Waals surface area contributed by atoms with E-state index in [2.05, 4.69) is 10.5 Å². The Hall–Kier alpha value is -1.98. The Morgan fingerprint density at radius 3 is 2.33 bits per heavy atom. The van der Waals surface area contributed by atoms with E-state index in [-0.39, 0.29) is 5.71 Å². The van der Waals surface area contributed by atoms with Gasteiger partial charge >= 0.3 is 0 Å². The lowest BCUT2D eigenvalue weighted by Gasteiger charge is -2.00. The van der Waals surface area contributed by atoms with Gasteiger partial charge in [0.15, 0.2) is 0 Å². The number of hydrogen-bond donors (Lipinski definition) is 1. The van der Waals surface area contributed by atoms with Gasteiger partial charge in [0.2, 0.25) is 5.71 Å². The van der Waals surface area contributed by atoms with Crippen molar-refractivity contribution in [3.8, 4) is 12.1 Å². The first-order valence-corrected chi connectivity index (χ1v) is 5.30. The minimum Gasteiger partial charge on any atom is -0.277 e. The van der Waals surface area contributed by atoms with Crippen molar-refractivity contribution in [1.29, 1.82) is 10.5 Å². The van der Waals surface area contributed by atoms with Gasteiger partial charge in [0.05, 0.1) is 5.69 Å². The number of nitrogens with zero attached hydrogens (tertiary/aromatic N) is 3. The molecule has 0 unspecified atom stereocenters. The third kappa shape index (κ3) is 3.34. The monoisotopic (exact) mass is 216 g/mol. The van der Waals surface area contributed by atoms with Gasteiger partial charge in [-0.2, -0.15) is 15.6 Å². The summed E-state index contributed by atoms with van der Waals surface area (Å²) in [5, 5.41) is 20.5. The number of benzene rings is 1. The van der Waals surface area contributed by atoms with Crippen molar-refractivity contribution in [1.82, 2.24) is 0 Å². The second-order valence-electron chi connectivity index (χ2n) is 2.52. The van der Waals surface area contributed by atoms with E-state index in [4.69, 9.17) is 10.5 Å². The molecule has 0 fully saturated rings. The van der Waals surface area contributed by atoms with Crippen LogP contribution in [0.25, 0.3) is 0 Å². The van der Waals surface area contributed by atoms with Gasteiger partial charge < -0.3 is 0 Å². The first kappa shape index (κ1) is 11.1. The molecule has 0 saturated carbocycles. The van der Waals surface area contributed by atoms with Crippen LogP contribution in [0.1, 0.15) is 0 Å². The van der Waals surface area contributed by atoms with Gasteiger partial charge in [-0.15, -0.1) is 11.8 Å². The third-order valence-electron chi connectivity index (χ3n) is 1.60. The normalized spacial score (nSPS) is 8.47. The van der Waals surface area contributed by atoms with Crippen molar-refractivity contribution in [3.05, 3.63) is 24.3 Å². The molecular weight excluding hydrogens is 208 g/mol. The summed E-state index contributed by atoms with van der Waals surface area (Å²) in [7, 11) is 0. The summed E-state index contributed by atoms with van der Waals surface area (Å²) in [6, 6.07) is 10.9. The molecule has 1 rings (SSSR count). The Morgan fingerprint density at radius 2 is 1.87 bits per heavy atom. The van der Waals surface area contributed by atoms with E-state index in [0.29, 0.717) is 0 Å². The van der Waals surface area contributed by atoms with Crippen molar-refractivity contribution in [2.24, 2.45) is 5.10 Å². The van der Waals surface area contributed by atoms with Crippen LogP contribution in [0.2, 0.25) is 0 Å². The third-order valence-corrected chi connectivity index (χ3v) is 2.34. The van der Waals surface area contributed by atoms with Crippen LogP contribution in [-0.4, -0.2) is 12.0 Å². The number of nitriles is 2. The van der Waals surface area contributed by atoms with E-state index in [1.165, 1.54) is 0 Å². The lowest BCUT2D eigenvalue weighted by molar-refractivity contribution is 1.32. The second kappa shape index (κ2) is 5.69. The maximum absolute atomic E-state index is 8.44. The zero-order chi connectivity index (χ0) is 11.1. The molecule has 74 valence electrons. The molecule has 0 atom stereocenters. The molecule has 0 bridgehead atoms. The Balaban J connectivity index is 2.71. The van der Waals surface area contributed by atoms with E-state index >= 15 is 0 Å². The summed E-state index contributed by atoms with van der Waals surface area (Å²) >= 11 is 1.64. The smallest absolute Gasteiger partial charge is 0.237 e. The first-order chi connectivity index (χ1) is 7.30. The van der Waals surface area contributed by atoms with Gasteiger partial charge in [-0.05, 0) is 30.5 Å². The van der Waals surface area contributed by atoms with E-state index in [1.807, 2.05) is 30.5 Å². The van der Waals surface area contributed by atoms with Gasteiger partial charge in [0.1, 0.15) is 12.1 Å². The van der Waals surface area contributed by atoms with Gasteiger partial charge in [-0.1, -0.05) is 0 Å². The molecule has 0 radical (unpaired) electrons. The number of hydrazone groups is 1. The molecule has 0 saturated heterocycles. The average Bonchev–Trinajstić information content (AvgIpc) is 2.31. The maximum Gasteiger partial charge on any atom is 0.237 e. The summed E-state index contributed by atoms with van der Waals surface area (Å²) in [5.41, 5.74) is 3.19. The van der Waals surface area contributed by atoms with Crippen LogP contribution in [0.4, 0.5) is 5.69 Å². The van der Waals surface area contributed by atoms with Crippen LogP contribution >= 0.6 is 11.8 Å². The van der Waals surface area contributed by atoms with Crippen molar-refractivity contribution in [3.63, 3.8) is 0 Å². The molecule has 4 nitrogen and oxygen atoms in total. The predicted octanol–water partition coefficient (Wildman–Crippen LogP) is 2.22. The molecule has 1 N–H and O–H groups in total. The molecule has 0 aromatic heterocycles. The molecule has 15 heavy (non-hydrogen) atoms. The van der Waals surface area contributed by atoms with E-state index in [1.54, 1.807) is 23.9 Å². The van der Waals surface area contributed by atoms with Crippen LogP contribution in [0.15, 0.2) is 34.3 Å². The molecule has 0 heterocycles. The fourth-order valence-corrected chi connectivity index (χ4v) is 1.27. The van der Waals surface area contributed by atoms with Crippen LogP contribution in [0.5, 0.6) is 0 Å². The minimum atomic E-state index is -0.191. The molecule has 5 heteroatoms. The highest BCUT2D eigenvalue weighted by Gasteiger charge is 1.94. The number of rotatable bonds is 3. The quantitative estimate of drug-likeness (QED) is 0.477. The van der Waals surface area contributed by atoms with Crippen LogP contribution < -0.4 is 5.43 Å². The highest BCUT2D eigenvalue weighted by Crippen LogP contribution is 2.17. The lowest BCUT2D eigenvalue weighted by Crippen LogP contribution is -1.95. The maximum atomic E-state index is 8.44. The Morgan fingerprint density at radius 1 is 1.27 bits per heavy atom. The van der Waals surface area contributed by atoms with Gasteiger partial charge in [0, 0.05) is 4.90 Å². The highest BCUT2D eigenvalue weighted by atomic mass is 32.2. The molecule has 1 aromatic carbocycles.